The summed E-state index contributed by atoms with van der Waals surface area (Å²) in [5.41, 5.74) is 4.65. The smallest absolute Gasteiger partial charge is 0.138 e. The summed E-state index contributed by atoms with van der Waals surface area (Å²) in [6.07, 6.45) is 7.80. The molecule has 1 aromatic heterocycles. The molecule has 2 aliphatic rings. The predicted octanol–water partition coefficient (Wildman–Crippen LogP) is 4.26. The van der Waals surface area contributed by atoms with Gasteiger partial charge < -0.3 is 0 Å². The first-order chi connectivity index (χ1) is 12.2. The summed E-state index contributed by atoms with van der Waals surface area (Å²) in [7, 11) is 0. The first-order valence-electron chi connectivity index (χ1n) is 8.99. The fourth-order valence-electron chi connectivity index (χ4n) is 3.53. The number of carbonyl (C=O) groups is 1. The summed E-state index contributed by atoms with van der Waals surface area (Å²) in [6, 6.07) is 8.36. The number of Topliss-reactive ketones (excluding diaryl/α,β-unsaturated/α-hetero) is 1. The van der Waals surface area contributed by atoms with Crippen LogP contribution in [0, 0.1) is 11.7 Å². The van der Waals surface area contributed by atoms with Crippen molar-refractivity contribution in [2.45, 2.75) is 45.1 Å². The second-order valence-electron chi connectivity index (χ2n) is 7.06. The summed E-state index contributed by atoms with van der Waals surface area (Å²) >= 11 is 0. The second kappa shape index (κ2) is 6.87. The van der Waals surface area contributed by atoms with Crippen LogP contribution < -0.4 is 0 Å². The Morgan fingerprint density at radius 1 is 1.20 bits per heavy atom. The minimum absolute atomic E-state index is 0.253. The van der Waals surface area contributed by atoms with Gasteiger partial charge in [-0.25, -0.2) is 4.39 Å². The zero-order chi connectivity index (χ0) is 17.2. The van der Waals surface area contributed by atoms with Gasteiger partial charge in [-0.2, -0.15) is 0 Å². The van der Waals surface area contributed by atoms with Crippen LogP contribution in [0.3, 0.4) is 0 Å². The Labute approximate surface area is 147 Å². The van der Waals surface area contributed by atoms with Crippen LogP contribution in [-0.4, -0.2) is 16.5 Å². The second-order valence-corrected chi connectivity index (χ2v) is 7.06. The van der Waals surface area contributed by atoms with Crippen molar-refractivity contribution in [3.8, 4) is 0 Å². The number of hydrogen-bond acceptors (Lipinski definition) is 3. The van der Waals surface area contributed by atoms with E-state index in [1.807, 2.05) is 6.07 Å². The maximum Gasteiger partial charge on any atom is 0.138 e. The number of ketones is 1. The lowest BCUT2D eigenvalue weighted by atomic mass is 9.81. The molecule has 25 heavy (non-hydrogen) atoms. The van der Waals surface area contributed by atoms with Gasteiger partial charge in [0.25, 0.3) is 0 Å². The molecule has 0 bridgehead atoms. The van der Waals surface area contributed by atoms with Crippen LogP contribution in [0.4, 0.5) is 4.39 Å². The van der Waals surface area contributed by atoms with Crippen LogP contribution in [-0.2, 0) is 17.8 Å². The molecule has 0 radical (unpaired) electrons. The Morgan fingerprint density at radius 2 is 2.00 bits per heavy atom. The number of halogens is 1. The highest BCUT2D eigenvalue weighted by Crippen LogP contribution is 2.30. The summed E-state index contributed by atoms with van der Waals surface area (Å²) < 4.78 is 13.1. The average molecular weight is 336 g/mol. The van der Waals surface area contributed by atoms with Crippen molar-refractivity contribution in [2.75, 3.05) is 0 Å². The first kappa shape index (κ1) is 16.1. The maximum absolute atomic E-state index is 13.1. The number of nitrogens with zero attached hydrogens (tertiary/aromatic N) is 2. The zero-order valence-electron chi connectivity index (χ0n) is 14.2. The van der Waals surface area contributed by atoms with E-state index in [4.69, 9.17) is 0 Å². The van der Waals surface area contributed by atoms with Gasteiger partial charge in [0.1, 0.15) is 11.6 Å². The van der Waals surface area contributed by atoms with E-state index in [0.717, 1.165) is 40.4 Å². The van der Waals surface area contributed by atoms with Crippen LogP contribution in [0.2, 0.25) is 0 Å². The number of fused-ring (bicyclic) bond motifs is 1. The van der Waals surface area contributed by atoms with E-state index in [0.29, 0.717) is 19.4 Å². The van der Waals surface area contributed by atoms with Crippen LogP contribution in [0.1, 0.15) is 54.5 Å². The molecule has 1 saturated carbocycles. The molecule has 0 atom stereocenters. The molecule has 1 fully saturated rings. The molecule has 4 rings (SSSR count). The molecular formula is C21H21FN2O. The van der Waals surface area contributed by atoms with Crippen LogP contribution in [0.25, 0.3) is 0 Å². The first-order valence-corrected chi connectivity index (χ1v) is 8.99. The minimum Gasteiger partial charge on any atom is -0.299 e. The van der Waals surface area contributed by atoms with Crippen molar-refractivity contribution < 1.29 is 9.18 Å². The van der Waals surface area contributed by atoms with Crippen molar-refractivity contribution in [1.29, 1.82) is 0 Å². The molecule has 0 N–H and O–H groups in total. The van der Waals surface area contributed by atoms with Gasteiger partial charge in [-0.05, 0) is 48.2 Å². The van der Waals surface area contributed by atoms with E-state index in [1.165, 1.54) is 31.4 Å². The van der Waals surface area contributed by atoms with Crippen molar-refractivity contribution in [1.82, 2.24) is 4.98 Å². The number of pyridine rings is 1. The number of carbonyl (C=O) groups excluding carboxylic acids is 1. The largest absolute Gasteiger partial charge is 0.299 e. The number of hydrogen-bond donors (Lipinski definition) is 0. The number of aliphatic imine (C=N–C) groups is 1. The van der Waals surface area contributed by atoms with Gasteiger partial charge in [-0.15, -0.1) is 0 Å². The van der Waals surface area contributed by atoms with Crippen LogP contribution >= 0.6 is 0 Å². The van der Waals surface area contributed by atoms with Gasteiger partial charge >= 0.3 is 0 Å². The third-order valence-corrected chi connectivity index (χ3v) is 5.26. The zero-order valence-corrected chi connectivity index (χ0v) is 14.2. The number of rotatable bonds is 6. The van der Waals surface area contributed by atoms with E-state index < -0.39 is 0 Å². The van der Waals surface area contributed by atoms with Gasteiger partial charge in [-0.3, -0.25) is 14.8 Å². The fraction of sp³-hybridized carbons (Fsp3) is 0.381. The van der Waals surface area contributed by atoms with Crippen molar-refractivity contribution in [3.05, 3.63) is 64.7 Å². The van der Waals surface area contributed by atoms with E-state index in [2.05, 4.69) is 9.98 Å². The average Bonchev–Trinajstić information content (AvgIpc) is 2.97. The van der Waals surface area contributed by atoms with Crippen molar-refractivity contribution in [3.63, 3.8) is 0 Å². The third-order valence-electron chi connectivity index (χ3n) is 5.26. The van der Waals surface area contributed by atoms with E-state index in [-0.39, 0.29) is 11.6 Å². The number of aromatic nitrogens is 1. The van der Waals surface area contributed by atoms with Gasteiger partial charge in [0.2, 0.25) is 0 Å². The Balaban J connectivity index is 1.43. The molecule has 2 heterocycles. The summed E-state index contributed by atoms with van der Waals surface area (Å²) in [4.78, 5) is 21.2. The molecule has 1 aromatic carbocycles. The van der Waals surface area contributed by atoms with Crippen LogP contribution in [0.5, 0.6) is 0 Å². The molecule has 4 heteroatoms. The fourth-order valence-corrected chi connectivity index (χ4v) is 3.53. The van der Waals surface area contributed by atoms with E-state index in [1.54, 1.807) is 18.3 Å². The Morgan fingerprint density at radius 3 is 2.72 bits per heavy atom. The quantitative estimate of drug-likeness (QED) is 0.791. The lowest BCUT2D eigenvalue weighted by Gasteiger charge is -2.24. The lowest BCUT2D eigenvalue weighted by molar-refractivity contribution is -0.118. The van der Waals surface area contributed by atoms with Gasteiger partial charge in [-0.1, -0.05) is 19.3 Å². The maximum atomic E-state index is 13.1. The molecule has 3 nitrogen and oxygen atoms in total. The molecule has 1 aliphatic heterocycles. The summed E-state index contributed by atoms with van der Waals surface area (Å²) in [6.45, 7) is 0.591. The van der Waals surface area contributed by atoms with E-state index >= 15 is 0 Å². The Bertz CT molecular complexity index is 822. The lowest BCUT2D eigenvalue weighted by Crippen LogP contribution is -2.14. The van der Waals surface area contributed by atoms with E-state index in [9.17, 15) is 9.18 Å². The molecule has 0 unspecified atom stereocenters. The standard InChI is InChI=1S/C21H21FN2O/c22-17-7-5-15(6-8-17)21-20-13-23-18(10-16(20)12-24-21)11-19(25)9-4-14-2-1-3-14/h5-8,10,13-14H,1-4,9,11-12H2. The van der Waals surface area contributed by atoms with Gasteiger partial charge in [0.05, 0.1) is 12.3 Å². The highest BCUT2D eigenvalue weighted by atomic mass is 19.1. The molecule has 0 saturated heterocycles. The molecule has 0 spiro atoms. The SMILES string of the molecule is O=C(CCC1CCC1)Cc1cc2c(cn1)C(c1ccc(F)cc1)=NC2. The monoisotopic (exact) mass is 336 g/mol. The summed E-state index contributed by atoms with van der Waals surface area (Å²) in [5.74, 6) is 0.789. The third kappa shape index (κ3) is 3.53. The Kier molecular flexibility index (Phi) is 4.43. The van der Waals surface area contributed by atoms with Crippen molar-refractivity contribution >= 4 is 11.5 Å². The minimum atomic E-state index is -0.253. The predicted molar refractivity (Wildman–Crippen MR) is 95.3 cm³/mol. The van der Waals surface area contributed by atoms with Gasteiger partial charge in [0.15, 0.2) is 0 Å². The molecule has 1 aliphatic carbocycles. The Hall–Kier alpha value is -2.36. The normalized spacial score (nSPS) is 16.3. The molecular weight excluding hydrogens is 315 g/mol. The molecule has 128 valence electrons. The van der Waals surface area contributed by atoms with Gasteiger partial charge in [0, 0.05) is 35.9 Å². The number of benzene rings is 1. The molecule has 2 aromatic rings. The highest BCUT2D eigenvalue weighted by molar-refractivity contribution is 6.14. The topological polar surface area (TPSA) is 42.3 Å². The van der Waals surface area contributed by atoms with Crippen LogP contribution in [0.15, 0.2) is 41.5 Å². The molecule has 0 amide bonds. The summed E-state index contributed by atoms with van der Waals surface area (Å²) in [5, 5.41) is 0. The highest BCUT2D eigenvalue weighted by Gasteiger charge is 2.21. The van der Waals surface area contributed by atoms with Crippen molar-refractivity contribution in [2.24, 2.45) is 10.9 Å².